The molecule has 2 aromatic rings. The van der Waals surface area contributed by atoms with E-state index in [1.165, 1.54) is 12.1 Å². The van der Waals surface area contributed by atoms with Crippen LogP contribution in [0.25, 0.3) is 10.9 Å². The molecule has 102 valence electrons. The Labute approximate surface area is 105 Å². The number of hydrogen-bond acceptors (Lipinski definition) is 4. The zero-order chi connectivity index (χ0) is 14.2. The van der Waals surface area contributed by atoms with Crippen molar-refractivity contribution in [1.82, 2.24) is 9.66 Å². The molecule has 0 radical (unpaired) electrons. The van der Waals surface area contributed by atoms with Gasteiger partial charge in [0, 0.05) is 6.42 Å². The number of para-hydroxylation sites is 1. The number of aromatic nitrogens is 2. The molecule has 0 saturated carbocycles. The van der Waals surface area contributed by atoms with Gasteiger partial charge in [0.25, 0.3) is 5.56 Å². The van der Waals surface area contributed by atoms with E-state index in [0.29, 0.717) is 6.42 Å². The zero-order valence-electron chi connectivity index (χ0n) is 9.86. The van der Waals surface area contributed by atoms with Gasteiger partial charge in [0.1, 0.15) is 11.3 Å². The maximum atomic E-state index is 12.3. The number of halogens is 3. The number of fused-ring (bicyclic) bond motifs is 1. The summed E-state index contributed by atoms with van der Waals surface area (Å²) in [5, 5.41) is -0.0264. The molecule has 0 fully saturated rings. The summed E-state index contributed by atoms with van der Waals surface area (Å²) < 4.78 is 41.5. The molecule has 1 aromatic heterocycles. The van der Waals surface area contributed by atoms with Crippen molar-refractivity contribution in [3.8, 4) is 5.75 Å². The number of alkyl halides is 3. The monoisotopic (exact) mass is 273 g/mol. The van der Waals surface area contributed by atoms with Crippen LogP contribution in [0.4, 0.5) is 13.2 Å². The standard InChI is InChI=1S/C11H10F3N3O2/c1-2-8-16-9-6(10(18)17(8)15)4-3-5-7(9)19-11(12,13)14/h3-5H,2,15H2,1H3. The third kappa shape index (κ3) is 2.47. The molecule has 5 nitrogen and oxygen atoms in total. The second kappa shape index (κ2) is 4.45. The highest BCUT2D eigenvalue weighted by Crippen LogP contribution is 2.28. The molecule has 0 unspecified atom stereocenters. The van der Waals surface area contributed by atoms with E-state index in [2.05, 4.69) is 9.72 Å². The summed E-state index contributed by atoms with van der Waals surface area (Å²) in [7, 11) is 0. The lowest BCUT2D eigenvalue weighted by molar-refractivity contribution is -0.274. The Hall–Kier alpha value is -2.25. The van der Waals surface area contributed by atoms with Gasteiger partial charge < -0.3 is 10.6 Å². The highest BCUT2D eigenvalue weighted by molar-refractivity contribution is 5.83. The van der Waals surface area contributed by atoms with Crippen molar-refractivity contribution in [1.29, 1.82) is 0 Å². The van der Waals surface area contributed by atoms with Crippen LogP contribution in [0.1, 0.15) is 12.7 Å². The number of rotatable bonds is 2. The average Bonchev–Trinajstić information content (AvgIpc) is 2.32. The van der Waals surface area contributed by atoms with Crippen LogP contribution < -0.4 is 16.1 Å². The Morgan fingerprint density at radius 2 is 2.11 bits per heavy atom. The molecular formula is C11H10F3N3O2. The smallest absolute Gasteiger partial charge is 0.403 e. The molecular weight excluding hydrogens is 263 g/mol. The Morgan fingerprint density at radius 3 is 2.68 bits per heavy atom. The van der Waals surface area contributed by atoms with Crippen LogP contribution in [-0.2, 0) is 6.42 Å². The van der Waals surface area contributed by atoms with Gasteiger partial charge >= 0.3 is 6.36 Å². The van der Waals surface area contributed by atoms with Crippen LogP contribution in [-0.4, -0.2) is 16.0 Å². The molecule has 0 aliphatic carbocycles. The minimum Gasteiger partial charge on any atom is -0.403 e. The van der Waals surface area contributed by atoms with Crippen LogP contribution in [0.3, 0.4) is 0 Å². The second-order valence-electron chi connectivity index (χ2n) is 3.76. The van der Waals surface area contributed by atoms with Crippen LogP contribution >= 0.6 is 0 Å². The number of aryl methyl sites for hydroxylation is 1. The largest absolute Gasteiger partial charge is 0.573 e. The average molecular weight is 273 g/mol. The van der Waals surface area contributed by atoms with Crippen molar-refractivity contribution in [2.24, 2.45) is 0 Å². The number of nitrogens with two attached hydrogens (primary N) is 1. The van der Waals surface area contributed by atoms with E-state index >= 15 is 0 Å². The lowest BCUT2D eigenvalue weighted by Gasteiger charge is -2.12. The quantitative estimate of drug-likeness (QED) is 0.843. The first-order valence-electron chi connectivity index (χ1n) is 5.39. The van der Waals surface area contributed by atoms with Crippen LogP contribution in [0.5, 0.6) is 5.75 Å². The fourth-order valence-corrected chi connectivity index (χ4v) is 1.70. The van der Waals surface area contributed by atoms with E-state index in [-0.39, 0.29) is 16.7 Å². The number of benzene rings is 1. The molecule has 2 N–H and O–H groups in total. The number of nitrogens with zero attached hydrogens (tertiary/aromatic N) is 2. The molecule has 0 saturated heterocycles. The van der Waals surface area contributed by atoms with Gasteiger partial charge in [-0.25, -0.2) is 9.66 Å². The van der Waals surface area contributed by atoms with E-state index in [4.69, 9.17) is 5.84 Å². The van der Waals surface area contributed by atoms with Crippen molar-refractivity contribution in [3.05, 3.63) is 34.4 Å². The maximum Gasteiger partial charge on any atom is 0.573 e. The fraction of sp³-hybridized carbons (Fsp3) is 0.273. The van der Waals surface area contributed by atoms with Crippen LogP contribution in [0.15, 0.2) is 23.0 Å². The summed E-state index contributed by atoms with van der Waals surface area (Å²) >= 11 is 0. The van der Waals surface area contributed by atoms with Gasteiger partial charge in [0.2, 0.25) is 0 Å². The van der Waals surface area contributed by atoms with Crippen molar-refractivity contribution in [2.45, 2.75) is 19.7 Å². The van der Waals surface area contributed by atoms with Gasteiger partial charge in [-0.3, -0.25) is 4.79 Å². The van der Waals surface area contributed by atoms with E-state index in [1.807, 2.05) is 0 Å². The number of ether oxygens (including phenoxy) is 1. The van der Waals surface area contributed by atoms with E-state index in [0.717, 1.165) is 10.7 Å². The van der Waals surface area contributed by atoms with Crippen molar-refractivity contribution in [2.75, 3.05) is 5.84 Å². The molecule has 0 amide bonds. The first-order valence-corrected chi connectivity index (χ1v) is 5.39. The maximum absolute atomic E-state index is 12.3. The lowest BCUT2D eigenvalue weighted by atomic mass is 10.2. The van der Waals surface area contributed by atoms with Gasteiger partial charge in [0.15, 0.2) is 5.75 Å². The molecule has 0 aliphatic rings. The predicted octanol–water partition coefficient (Wildman–Crippen LogP) is 1.57. The summed E-state index contributed by atoms with van der Waals surface area (Å²) in [4.78, 5) is 15.8. The normalized spacial score (nSPS) is 11.8. The summed E-state index contributed by atoms with van der Waals surface area (Å²) in [6.07, 6.45) is -4.54. The fourth-order valence-electron chi connectivity index (χ4n) is 1.70. The lowest BCUT2D eigenvalue weighted by Crippen LogP contribution is -2.31. The minimum atomic E-state index is -4.85. The number of hydrogen-bond donors (Lipinski definition) is 1. The van der Waals surface area contributed by atoms with Gasteiger partial charge in [0.05, 0.1) is 5.39 Å². The highest BCUT2D eigenvalue weighted by Gasteiger charge is 2.32. The SMILES string of the molecule is CCc1nc2c(OC(F)(F)F)cccc2c(=O)n1N. The summed E-state index contributed by atoms with van der Waals surface area (Å²) in [5.74, 6) is 5.18. The van der Waals surface area contributed by atoms with Crippen LogP contribution in [0, 0.1) is 0 Å². The van der Waals surface area contributed by atoms with Crippen LogP contribution in [0.2, 0.25) is 0 Å². The Balaban J connectivity index is 2.74. The molecule has 2 rings (SSSR count). The van der Waals surface area contributed by atoms with Gasteiger partial charge in [-0.2, -0.15) is 0 Å². The third-order valence-electron chi connectivity index (χ3n) is 2.51. The number of nitrogen functional groups attached to an aromatic ring is 1. The highest BCUT2D eigenvalue weighted by atomic mass is 19.4. The molecule has 0 spiro atoms. The molecule has 0 bridgehead atoms. The molecule has 0 atom stereocenters. The Kier molecular flexibility index (Phi) is 3.09. The summed E-state index contributed by atoms with van der Waals surface area (Å²) in [5.41, 5.74) is -0.766. The predicted molar refractivity (Wildman–Crippen MR) is 62.2 cm³/mol. The molecule has 1 aromatic carbocycles. The first-order chi connectivity index (χ1) is 8.83. The van der Waals surface area contributed by atoms with Gasteiger partial charge in [-0.1, -0.05) is 13.0 Å². The minimum absolute atomic E-state index is 0.0264. The summed E-state index contributed by atoms with van der Waals surface area (Å²) in [6, 6.07) is 3.72. The topological polar surface area (TPSA) is 70.1 Å². The van der Waals surface area contributed by atoms with E-state index in [1.54, 1.807) is 6.92 Å². The molecule has 0 aliphatic heterocycles. The third-order valence-corrected chi connectivity index (χ3v) is 2.51. The van der Waals surface area contributed by atoms with E-state index < -0.39 is 17.7 Å². The Bertz CT molecular complexity index is 679. The Morgan fingerprint density at radius 1 is 1.42 bits per heavy atom. The van der Waals surface area contributed by atoms with E-state index in [9.17, 15) is 18.0 Å². The van der Waals surface area contributed by atoms with Crippen molar-refractivity contribution < 1.29 is 17.9 Å². The first kappa shape index (κ1) is 13.2. The zero-order valence-corrected chi connectivity index (χ0v) is 9.86. The molecule has 8 heteroatoms. The van der Waals surface area contributed by atoms with Crippen molar-refractivity contribution in [3.63, 3.8) is 0 Å². The van der Waals surface area contributed by atoms with Gasteiger partial charge in [-0.05, 0) is 12.1 Å². The summed E-state index contributed by atoms with van der Waals surface area (Å²) in [6.45, 7) is 1.68. The van der Waals surface area contributed by atoms with Gasteiger partial charge in [-0.15, -0.1) is 13.2 Å². The van der Waals surface area contributed by atoms with Crippen molar-refractivity contribution >= 4 is 10.9 Å². The second-order valence-corrected chi connectivity index (χ2v) is 3.76. The molecule has 19 heavy (non-hydrogen) atoms. The molecule has 1 heterocycles.